The van der Waals surface area contributed by atoms with Crippen molar-refractivity contribution in [2.24, 2.45) is 5.92 Å². The molecule has 1 aromatic rings. The summed E-state index contributed by atoms with van der Waals surface area (Å²) in [5.41, 5.74) is 0.197. The average molecular weight is 311 g/mol. The van der Waals surface area contributed by atoms with Crippen molar-refractivity contribution in [3.63, 3.8) is 0 Å². The summed E-state index contributed by atoms with van der Waals surface area (Å²) in [6.07, 6.45) is 1.64. The second kappa shape index (κ2) is 6.31. The number of nitriles is 1. The third-order valence-electron chi connectivity index (χ3n) is 3.86. The molecule has 0 radical (unpaired) electrons. The van der Waals surface area contributed by atoms with Crippen LogP contribution in [0.25, 0.3) is 0 Å². The molecule has 0 aliphatic carbocycles. The summed E-state index contributed by atoms with van der Waals surface area (Å²) in [7, 11) is 0. The minimum Gasteiger partial charge on any atom is -0.480 e. The van der Waals surface area contributed by atoms with Gasteiger partial charge in [0.25, 0.3) is 0 Å². The molecule has 0 amide bonds. The summed E-state index contributed by atoms with van der Waals surface area (Å²) in [5.74, 6) is -2.02. The summed E-state index contributed by atoms with van der Waals surface area (Å²) in [6.45, 7) is 1.96. The maximum absolute atomic E-state index is 14.2. The zero-order valence-corrected chi connectivity index (χ0v) is 12.3. The Hall–Kier alpha value is -1.80. The van der Waals surface area contributed by atoms with Gasteiger partial charge in [-0.2, -0.15) is 5.26 Å². The maximum atomic E-state index is 14.2. The number of hydrogen-bond donors (Lipinski definition) is 1. The highest BCUT2D eigenvalue weighted by Gasteiger charge is 2.45. The number of carboxylic acid groups (broad SMARTS) is 1. The average Bonchev–Trinajstić information content (AvgIpc) is 2.78. The first-order valence-corrected chi connectivity index (χ1v) is 7.23. The number of carboxylic acids is 1. The number of nitrogens with zero attached hydrogens (tertiary/aromatic N) is 2. The molecular weight excluding hydrogens is 295 g/mol. The van der Waals surface area contributed by atoms with Crippen LogP contribution in [-0.4, -0.2) is 23.2 Å². The molecule has 1 heterocycles. The molecule has 1 N–H and O–H groups in total. The van der Waals surface area contributed by atoms with Crippen LogP contribution >= 0.6 is 11.6 Å². The molecule has 3 atom stereocenters. The second-order valence-electron chi connectivity index (χ2n) is 5.18. The van der Waals surface area contributed by atoms with E-state index in [1.165, 1.54) is 23.1 Å². The first-order chi connectivity index (χ1) is 9.99. The molecule has 3 unspecified atom stereocenters. The van der Waals surface area contributed by atoms with E-state index >= 15 is 0 Å². The van der Waals surface area contributed by atoms with Crippen LogP contribution in [0.3, 0.4) is 0 Å². The van der Waals surface area contributed by atoms with Gasteiger partial charge in [-0.3, -0.25) is 0 Å². The highest BCUT2D eigenvalue weighted by atomic mass is 35.5. The molecule has 0 saturated carbocycles. The van der Waals surface area contributed by atoms with Gasteiger partial charge in [0, 0.05) is 11.1 Å². The summed E-state index contributed by atoms with van der Waals surface area (Å²) in [5, 5.41) is 18.9. The van der Waals surface area contributed by atoms with Gasteiger partial charge in [-0.1, -0.05) is 24.9 Å². The van der Waals surface area contributed by atoms with E-state index in [2.05, 4.69) is 6.07 Å². The molecule has 4 nitrogen and oxygen atoms in total. The summed E-state index contributed by atoms with van der Waals surface area (Å²) in [6, 6.07) is 5.16. The van der Waals surface area contributed by atoms with Crippen molar-refractivity contribution in [3.8, 4) is 6.07 Å². The first-order valence-electron chi connectivity index (χ1n) is 6.85. The zero-order valence-electron chi connectivity index (χ0n) is 11.6. The van der Waals surface area contributed by atoms with Crippen LogP contribution in [0.5, 0.6) is 0 Å². The largest absolute Gasteiger partial charge is 0.480 e. The maximum Gasteiger partial charge on any atom is 0.326 e. The molecule has 112 valence electrons. The van der Waals surface area contributed by atoms with E-state index < -0.39 is 23.7 Å². The molecule has 2 rings (SSSR count). The smallest absolute Gasteiger partial charge is 0.326 e. The molecule has 21 heavy (non-hydrogen) atoms. The van der Waals surface area contributed by atoms with E-state index in [1.807, 2.05) is 6.92 Å². The minimum atomic E-state index is -1.04. The third kappa shape index (κ3) is 2.96. The van der Waals surface area contributed by atoms with Crippen LogP contribution in [0.4, 0.5) is 10.1 Å². The lowest BCUT2D eigenvalue weighted by molar-refractivity contribution is -0.138. The number of carbonyl (C=O) groups is 1. The van der Waals surface area contributed by atoms with Gasteiger partial charge in [-0.05, 0) is 31.0 Å². The van der Waals surface area contributed by atoms with Crippen LogP contribution < -0.4 is 4.90 Å². The third-order valence-corrected chi connectivity index (χ3v) is 4.09. The molecule has 1 aliphatic heterocycles. The number of aliphatic carboxylic acids is 1. The van der Waals surface area contributed by atoms with Crippen LogP contribution in [-0.2, 0) is 4.79 Å². The van der Waals surface area contributed by atoms with Gasteiger partial charge in [-0.25, -0.2) is 9.18 Å². The van der Waals surface area contributed by atoms with Crippen molar-refractivity contribution in [2.75, 3.05) is 4.90 Å². The highest BCUT2D eigenvalue weighted by molar-refractivity contribution is 6.30. The van der Waals surface area contributed by atoms with Gasteiger partial charge in [-0.15, -0.1) is 0 Å². The SMILES string of the molecule is CCCC1C(C#N)CC(C(=O)O)N1c1ccc(Cl)cc1F. The van der Waals surface area contributed by atoms with Gasteiger partial charge in [0.05, 0.1) is 17.7 Å². The van der Waals surface area contributed by atoms with E-state index in [0.717, 1.165) is 6.42 Å². The van der Waals surface area contributed by atoms with Crippen LogP contribution in [0.2, 0.25) is 5.02 Å². The lowest BCUT2D eigenvalue weighted by atomic mass is 9.97. The fourth-order valence-corrected chi connectivity index (χ4v) is 3.13. The van der Waals surface area contributed by atoms with E-state index in [0.29, 0.717) is 6.42 Å². The van der Waals surface area contributed by atoms with E-state index in [9.17, 15) is 19.6 Å². The Kier molecular flexibility index (Phi) is 4.69. The first kappa shape index (κ1) is 15.6. The second-order valence-corrected chi connectivity index (χ2v) is 5.62. The summed E-state index contributed by atoms with van der Waals surface area (Å²) >= 11 is 5.75. The number of hydrogen-bond acceptors (Lipinski definition) is 3. The number of rotatable bonds is 4. The van der Waals surface area contributed by atoms with Crippen molar-refractivity contribution in [1.82, 2.24) is 0 Å². The standard InChI is InChI=1S/C15H16ClFN2O2/c1-2-3-12-9(8-18)6-14(15(20)21)19(12)13-5-4-10(16)7-11(13)17/h4-5,7,9,12,14H,2-3,6H2,1H3,(H,20,21). The van der Waals surface area contributed by atoms with Gasteiger partial charge >= 0.3 is 5.97 Å². The van der Waals surface area contributed by atoms with E-state index in [1.54, 1.807) is 0 Å². The lowest BCUT2D eigenvalue weighted by Gasteiger charge is -2.31. The van der Waals surface area contributed by atoms with Gasteiger partial charge in [0.15, 0.2) is 0 Å². The Morgan fingerprint density at radius 3 is 2.86 bits per heavy atom. The van der Waals surface area contributed by atoms with E-state index in [4.69, 9.17) is 11.6 Å². The number of benzene rings is 1. The Labute approximate surface area is 127 Å². The van der Waals surface area contributed by atoms with Crippen molar-refractivity contribution in [2.45, 2.75) is 38.3 Å². The highest BCUT2D eigenvalue weighted by Crippen LogP contribution is 2.38. The monoisotopic (exact) mass is 310 g/mol. The summed E-state index contributed by atoms with van der Waals surface area (Å²) in [4.78, 5) is 13.0. The van der Waals surface area contributed by atoms with Crippen molar-refractivity contribution in [1.29, 1.82) is 5.26 Å². The molecule has 1 aliphatic rings. The zero-order chi connectivity index (χ0) is 15.6. The molecule has 0 aromatic heterocycles. The topological polar surface area (TPSA) is 64.3 Å². The molecular formula is C15H16ClFN2O2. The van der Waals surface area contributed by atoms with Crippen molar-refractivity contribution in [3.05, 3.63) is 29.0 Å². The number of halogens is 2. The van der Waals surface area contributed by atoms with Crippen LogP contribution in [0, 0.1) is 23.1 Å². The molecule has 0 bridgehead atoms. The van der Waals surface area contributed by atoms with Crippen molar-refractivity contribution >= 4 is 23.3 Å². The molecule has 1 saturated heterocycles. The van der Waals surface area contributed by atoms with Gasteiger partial charge < -0.3 is 10.0 Å². The van der Waals surface area contributed by atoms with Crippen LogP contribution in [0.1, 0.15) is 26.2 Å². The number of anilines is 1. The Morgan fingerprint density at radius 1 is 1.62 bits per heavy atom. The summed E-state index contributed by atoms with van der Waals surface area (Å²) < 4.78 is 14.2. The van der Waals surface area contributed by atoms with Gasteiger partial charge in [0.2, 0.25) is 0 Å². The molecule has 6 heteroatoms. The van der Waals surface area contributed by atoms with Crippen molar-refractivity contribution < 1.29 is 14.3 Å². The Balaban J connectivity index is 2.47. The lowest BCUT2D eigenvalue weighted by Crippen LogP contribution is -2.42. The predicted octanol–water partition coefficient (Wildman–Crippen LogP) is 3.45. The predicted molar refractivity (Wildman–Crippen MR) is 77.7 cm³/mol. The molecule has 1 fully saturated rings. The van der Waals surface area contributed by atoms with Crippen LogP contribution in [0.15, 0.2) is 18.2 Å². The Morgan fingerprint density at radius 2 is 2.33 bits per heavy atom. The van der Waals surface area contributed by atoms with E-state index in [-0.39, 0.29) is 23.2 Å². The van der Waals surface area contributed by atoms with Gasteiger partial charge in [0.1, 0.15) is 11.9 Å². The fourth-order valence-electron chi connectivity index (χ4n) is 2.97. The quantitative estimate of drug-likeness (QED) is 0.925. The minimum absolute atomic E-state index is 0.197. The normalized spacial score (nSPS) is 24.9. The fraction of sp³-hybridized carbons (Fsp3) is 0.467. The molecule has 1 aromatic carbocycles. The molecule has 0 spiro atoms. The Bertz CT molecular complexity index is 588.